The lowest BCUT2D eigenvalue weighted by atomic mass is 10.3. The molecule has 0 aliphatic carbocycles. The van der Waals surface area contributed by atoms with E-state index in [1.807, 2.05) is 42.8 Å². The fourth-order valence-corrected chi connectivity index (χ4v) is 2.36. The summed E-state index contributed by atoms with van der Waals surface area (Å²) in [4.78, 5) is 0. The number of aromatic nitrogens is 2. The highest BCUT2D eigenvalue weighted by molar-refractivity contribution is 7.80. The van der Waals surface area contributed by atoms with Crippen molar-refractivity contribution in [3.05, 3.63) is 35.7 Å². The number of nitrogens with zero attached hydrogens (tertiary/aromatic N) is 2. The van der Waals surface area contributed by atoms with E-state index in [1.54, 1.807) is 7.11 Å². The van der Waals surface area contributed by atoms with Gasteiger partial charge in [0.2, 0.25) is 0 Å². The highest BCUT2D eigenvalue weighted by atomic mass is 32.1. The van der Waals surface area contributed by atoms with Gasteiger partial charge in [-0.2, -0.15) is 5.10 Å². The normalized spacial score (nSPS) is 10.3. The number of aryl methyl sites for hydroxylation is 2. The smallest absolute Gasteiger partial charge is 0.175 e. The maximum Gasteiger partial charge on any atom is 0.175 e. The number of rotatable bonds is 4. The third kappa shape index (κ3) is 3.52. The monoisotopic (exact) mass is 304 g/mol. The Kier molecular flexibility index (Phi) is 4.80. The van der Waals surface area contributed by atoms with Crippen LogP contribution < -0.4 is 15.4 Å². The number of thiocarbonyl (C=S) groups is 1. The Morgan fingerprint density at radius 1 is 1.24 bits per heavy atom. The quantitative estimate of drug-likeness (QED) is 0.849. The van der Waals surface area contributed by atoms with Gasteiger partial charge in [0.05, 0.1) is 24.2 Å². The molecule has 1 heterocycles. The zero-order valence-electron chi connectivity index (χ0n) is 12.7. The average Bonchev–Trinajstić information content (AvgIpc) is 2.75. The molecule has 0 spiro atoms. The van der Waals surface area contributed by atoms with Crippen LogP contribution in [0.4, 0.5) is 11.4 Å². The molecule has 0 unspecified atom stereocenters. The highest BCUT2D eigenvalue weighted by Crippen LogP contribution is 2.20. The molecule has 0 saturated carbocycles. The van der Waals surface area contributed by atoms with Gasteiger partial charge in [0.25, 0.3) is 0 Å². The third-order valence-corrected chi connectivity index (χ3v) is 3.47. The molecular formula is C15H20N4OS. The van der Waals surface area contributed by atoms with E-state index in [4.69, 9.17) is 17.0 Å². The zero-order chi connectivity index (χ0) is 15.4. The number of anilines is 2. The molecule has 5 nitrogen and oxygen atoms in total. The molecule has 21 heavy (non-hydrogen) atoms. The molecule has 0 saturated heterocycles. The molecule has 0 radical (unpaired) electrons. The summed E-state index contributed by atoms with van der Waals surface area (Å²) in [5.41, 5.74) is 3.89. The Labute approximate surface area is 130 Å². The van der Waals surface area contributed by atoms with Gasteiger partial charge in [-0.25, -0.2) is 0 Å². The number of methoxy groups -OCH3 is 1. The van der Waals surface area contributed by atoms with E-state index in [2.05, 4.69) is 22.7 Å². The average molecular weight is 304 g/mol. The minimum atomic E-state index is 0.544. The summed E-state index contributed by atoms with van der Waals surface area (Å²) in [5, 5.41) is 11.4. The van der Waals surface area contributed by atoms with Gasteiger partial charge < -0.3 is 15.4 Å². The molecule has 2 aromatic rings. The van der Waals surface area contributed by atoms with Crippen LogP contribution >= 0.6 is 12.2 Å². The Bertz CT molecular complexity index is 634. The fraction of sp³-hybridized carbons (Fsp3) is 0.333. The van der Waals surface area contributed by atoms with Crippen molar-refractivity contribution in [1.29, 1.82) is 0 Å². The molecule has 2 N–H and O–H groups in total. The van der Waals surface area contributed by atoms with Crippen molar-refractivity contribution in [2.75, 3.05) is 17.7 Å². The maximum atomic E-state index is 5.35. The molecule has 0 bridgehead atoms. The van der Waals surface area contributed by atoms with Crippen molar-refractivity contribution in [3.63, 3.8) is 0 Å². The third-order valence-electron chi connectivity index (χ3n) is 3.27. The van der Waals surface area contributed by atoms with Gasteiger partial charge >= 0.3 is 0 Å². The van der Waals surface area contributed by atoms with Crippen molar-refractivity contribution in [3.8, 4) is 5.75 Å². The molecule has 2 rings (SSSR count). The van der Waals surface area contributed by atoms with Crippen molar-refractivity contribution in [1.82, 2.24) is 9.78 Å². The van der Waals surface area contributed by atoms with E-state index in [0.29, 0.717) is 5.11 Å². The fourth-order valence-electron chi connectivity index (χ4n) is 2.14. The Hall–Kier alpha value is -2.08. The summed E-state index contributed by atoms with van der Waals surface area (Å²) in [7, 11) is 1.64. The first kappa shape index (κ1) is 15.3. The summed E-state index contributed by atoms with van der Waals surface area (Å²) >= 11 is 5.35. The van der Waals surface area contributed by atoms with E-state index >= 15 is 0 Å². The maximum absolute atomic E-state index is 5.35. The molecule has 0 amide bonds. The van der Waals surface area contributed by atoms with Crippen LogP contribution in [0.2, 0.25) is 0 Å². The molecule has 0 aliphatic rings. The van der Waals surface area contributed by atoms with E-state index < -0.39 is 0 Å². The molecule has 112 valence electrons. The van der Waals surface area contributed by atoms with Gasteiger partial charge in [-0.1, -0.05) is 0 Å². The molecular weight excluding hydrogens is 284 g/mol. The number of nitrogens with one attached hydrogen (secondary N) is 2. The van der Waals surface area contributed by atoms with Gasteiger partial charge in [0, 0.05) is 12.2 Å². The molecule has 0 aliphatic heterocycles. The second-order valence-corrected chi connectivity index (χ2v) is 5.08. The molecule has 1 aromatic carbocycles. The lowest BCUT2D eigenvalue weighted by molar-refractivity contribution is 0.415. The van der Waals surface area contributed by atoms with E-state index in [1.165, 1.54) is 0 Å². The van der Waals surface area contributed by atoms with Crippen LogP contribution in [0, 0.1) is 13.8 Å². The van der Waals surface area contributed by atoms with Gasteiger partial charge in [-0.05, 0) is 57.3 Å². The van der Waals surface area contributed by atoms with E-state index in [0.717, 1.165) is 35.1 Å². The Morgan fingerprint density at radius 2 is 1.90 bits per heavy atom. The van der Waals surface area contributed by atoms with Crippen LogP contribution in [0.5, 0.6) is 5.75 Å². The second kappa shape index (κ2) is 6.58. The van der Waals surface area contributed by atoms with Crippen LogP contribution in [-0.2, 0) is 6.54 Å². The summed E-state index contributed by atoms with van der Waals surface area (Å²) in [6.45, 7) is 6.91. The topological polar surface area (TPSA) is 51.1 Å². The summed E-state index contributed by atoms with van der Waals surface area (Å²) in [6, 6.07) is 7.61. The van der Waals surface area contributed by atoms with Crippen LogP contribution in [0.25, 0.3) is 0 Å². The molecule has 0 atom stereocenters. The molecule has 1 aromatic heterocycles. The summed E-state index contributed by atoms with van der Waals surface area (Å²) in [5.74, 6) is 0.815. The lowest BCUT2D eigenvalue weighted by Gasteiger charge is -2.11. The minimum absolute atomic E-state index is 0.544. The number of hydrogen-bond acceptors (Lipinski definition) is 3. The number of hydrogen-bond donors (Lipinski definition) is 2. The lowest BCUT2D eigenvalue weighted by Crippen LogP contribution is -2.19. The van der Waals surface area contributed by atoms with Crippen LogP contribution in [0.15, 0.2) is 24.3 Å². The van der Waals surface area contributed by atoms with Crippen LogP contribution in [0.3, 0.4) is 0 Å². The predicted octanol–water partition coefficient (Wildman–Crippen LogP) is 3.34. The Morgan fingerprint density at radius 3 is 2.43 bits per heavy atom. The first-order chi connectivity index (χ1) is 10.0. The molecule has 0 fully saturated rings. The first-order valence-electron chi connectivity index (χ1n) is 6.81. The van der Waals surface area contributed by atoms with Crippen LogP contribution in [-0.4, -0.2) is 22.0 Å². The number of benzene rings is 1. The number of ether oxygens (including phenoxy) is 1. The van der Waals surface area contributed by atoms with E-state index in [9.17, 15) is 0 Å². The van der Waals surface area contributed by atoms with Gasteiger partial charge in [-0.15, -0.1) is 0 Å². The largest absolute Gasteiger partial charge is 0.497 e. The minimum Gasteiger partial charge on any atom is -0.497 e. The van der Waals surface area contributed by atoms with Crippen molar-refractivity contribution >= 4 is 28.7 Å². The molecule has 6 heteroatoms. The second-order valence-electron chi connectivity index (χ2n) is 4.67. The standard InChI is InChI=1S/C15H20N4OS/c1-5-19-11(3)14(10(2)18-19)17-15(21)16-12-6-8-13(20-4)9-7-12/h6-9H,5H2,1-4H3,(H2,16,17,21). The summed E-state index contributed by atoms with van der Waals surface area (Å²) in [6.07, 6.45) is 0. The van der Waals surface area contributed by atoms with Gasteiger partial charge in [0.1, 0.15) is 5.75 Å². The van der Waals surface area contributed by atoms with Gasteiger partial charge in [-0.3, -0.25) is 4.68 Å². The summed E-state index contributed by atoms with van der Waals surface area (Å²) < 4.78 is 7.08. The van der Waals surface area contributed by atoms with E-state index in [-0.39, 0.29) is 0 Å². The van der Waals surface area contributed by atoms with Crippen molar-refractivity contribution in [2.24, 2.45) is 0 Å². The zero-order valence-corrected chi connectivity index (χ0v) is 13.5. The SMILES string of the molecule is CCn1nc(C)c(NC(=S)Nc2ccc(OC)cc2)c1C. The predicted molar refractivity (Wildman–Crippen MR) is 90.2 cm³/mol. The Balaban J connectivity index is 2.06. The van der Waals surface area contributed by atoms with Crippen molar-refractivity contribution < 1.29 is 4.74 Å². The highest BCUT2D eigenvalue weighted by Gasteiger charge is 2.11. The first-order valence-corrected chi connectivity index (χ1v) is 7.22. The van der Waals surface area contributed by atoms with Gasteiger partial charge in [0.15, 0.2) is 5.11 Å². The van der Waals surface area contributed by atoms with Crippen LogP contribution in [0.1, 0.15) is 18.3 Å². The van der Waals surface area contributed by atoms with Crippen molar-refractivity contribution in [2.45, 2.75) is 27.3 Å².